The van der Waals surface area contributed by atoms with Crippen molar-refractivity contribution in [2.75, 3.05) is 5.32 Å². The van der Waals surface area contributed by atoms with E-state index >= 15 is 0 Å². The van der Waals surface area contributed by atoms with Crippen molar-refractivity contribution in [3.05, 3.63) is 60.2 Å². The van der Waals surface area contributed by atoms with Gasteiger partial charge >= 0.3 is 11.8 Å². The number of halogens is 3. The molecular formula is C17H11F3N4OS. The highest BCUT2D eigenvalue weighted by molar-refractivity contribution is 7.22. The first kappa shape index (κ1) is 16.5. The second-order valence-corrected chi connectivity index (χ2v) is 6.63. The molecule has 132 valence electrons. The molecule has 9 heteroatoms. The second-order valence-electron chi connectivity index (χ2n) is 5.60. The molecule has 26 heavy (non-hydrogen) atoms. The van der Waals surface area contributed by atoms with Crippen LogP contribution in [0.15, 0.2) is 59.6 Å². The Balaban J connectivity index is 1.79. The van der Waals surface area contributed by atoms with Gasteiger partial charge in [0, 0.05) is 5.56 Å². The van der Waals surface area contributed by atoms with Gasteiger partial charge < -0.3 is 10.6 Å². The highest BCUT2D eigenvalue weighted by Crippen LogP contribution is 2.39. The number of anilines is 1. The summed E-state index contributed by atoms with van der Waals surface area (Å²) in [6.07, 6.45) is -4.95. The molecule has 0 spiro atoms. The van der Waals surface area contributed by atoms with Crippen LogP contribution in [0.4, 0.5) is 18.3 Å². The van der Waals surface area contributed by atoms with E-state index in [1.165, 1.54) is 0 Å². The molecule has 0 unspecified atom stereocenters. The van der Waals surface area contributed by atoms with Crippen molar-refractivity contribution in [1.29, 1.82) is 0 Å². The van der Waals surface area contributed by atoms with Crippen LogP contribution in [0.1, 0.15) is 5.56 Å². The lowest BCUT2D eigenvalue weighted by Crippen LogP contribution is -2.57. The number of amides is 1. The summed E-state index contributed by atoms with van der Waals surface area (Å²) >= 11 is 1.03. The molecule has 0 saturated carbocycles. The number of fused-ring (bicyclic) bond motifs is 1. The average molecular weight is 376 g/mol. The quantitative estimate of drug-likeness (QED) is 0.735. The second kappa shape index (κ2) is 5.80. The monoisotopic (exact) mass is 376 g/mol. The van der Waals surface area contributed by atoms with Gasteiger partial charge in [0.15, 0.2) is 5.13 Å². The molecule has 3 aromatic rings. The highest BCUT2D eigenvalue weighted by atomic mass is 32.1. The first-order chi connectivity index (χ1) is 12.4. The van der Waals surface area contributed by atoms with Gasteiger partial charge in [-0.05, 0) is 12.1 Å². The standard InChI is InChI=1S/C17H11F3N4OS/c18-17(19,20)16(24-15-21-11-8-4-5-9-12(11)26-15)14(25)22-13(23-16)10-6-2-1-3-7-10/h1-9H,(H,21,24)(H,22,23,25)/t16-/m1/s1. The van der Waals surface area contributed by atoms with Crippen LogP contribution in [0.25, 0.3) is 10.2 Å². The van der Waals surface area contributed by atoms with Gasteiger partial charge in [-0.1, -0.05) is 53.8 Å². The molecule has 0 bridgehead atoms. The van der Waals surface area contributed by atoms with Gasteiger partial charge in [0.2, 0.25) is 0 Å². The number of amidine groups is 1. The summed E-state index contributed by atoms with van der Waals surface area (Å²) in [6, 6.07) is 15.1. The maximum atomic E-state index is 13.8. The van der Waals surface area contributed by atoms with Crippen molar-refractivity contribution in [3.8, 4) is 0 Å². The zero-order valence-electron chi connectivity index (χ0n) is 13.0. The summed E-state index contributed by atoms with van der Waals surface area (Å²) < 4.78 is 42.2. The summed E-state index contributed by atoms with van der Waals surface area (Å²) in [5, 5.41) is 4.41. The Labute approximate surface area is 149 Å². The van der Waals surface area contributed by atoms with Crippen molar-refractivity contribution in [2.45, 2.75) is 11.8 Å². The minimum absolute atomic E-state index is 0.0308. The minimum Gasteiger partial charge on any atom is -0.322 e. The molecule has 1 amide bonds. The van der Waals surface area contributed by atoms with Crippen molar-refractivity contribution in [2.24, 2.45) is 4.99 Å². The van der Waals surface area contributed by atoms with Gasteiger partial charge in [-0.25, -0.2) is 9.98 Å². The fourth-order valence-corrected chi connectivity index (χ4v) is 3.52. The number of rotatable bonds is 3. The number of aliphatic imine (C=N–C) groups is 1. The molecule has 4 rings (SSSR count). The molecule has 5 nitrogen and oxygen atoms in total. The van der Waals surface area contributed by atoms with Crippen molar-refractivity contribution in [1.82, 2.24) is 10.3 Å². The Kier molecular flexibility index (Phi) is 3.69. The van der Waals surface area contributed by atoms with E-state index in [-0.39, 0.29) is 11.0 Å². The van der Waals surface area contributed by atoms with E-state index in [9.17, 15) is 18.0 Å². The van der Waals surface area contributed by atoms with Crippen LogP contribution >= 0.6 is 11.3 Å². The normalized spacial score (nSPS) is 20.1. The smallest absolute Gasteiger partial charge is 0.322 e. The zero-order chi connectivity index (χ0) is 18.4. The summed E-state index contributed by atoms with van der Waals surface area (Å²) in [4.78, 5) is 20.1. The van der Waals surface area contributed by atoms with E-state index in [2.05, 4.69) is 20.6 Å². The largest absolute Gasteiger partial charge is 0.442 e. The summed E-state index contributed by atoms with van der Waals surface area (Å²) in [5.41, 5.74) is -2.19. The number of benzene rings is 2. The van der Waals surface area contributed by atoms with Crippen molar-refractivity contribution < 1.29 is 18.0 Å². The molecule has 0 aliphatic carbocycles. The van der Waals surface area contributed by atoms with Gasteiger partial charge in [-0.15, -0.1) is 0 Å². The third kappa shape index (κ3) is 2.60. The van der Waals surface area contributed by atoms with E-state index in [0.717, 1.165) is 11.3 Å². The molecule has 1 aliphatic heterocycles. The predicted molar refractivity (Wildman–Crippen MR) is 93.2 cm³/mol. The molecule has 1 aromatic heterocycles. The minimum atomic E-state index is -4.95. The van der Waals surface area contributed by atoms with Gasteiger partial charge in [-0.2, -0.15) is 13.2 Å². The fraction of sp³-hybridized carbons (Fsp3) is 0.118. The maximum Gasteiger partial charge on any atom is 0.442 e. The summed E-state index contributed by atoms with van der Waals surface area (Å²) in [5.74, 6) is -1.43. The number of para-hydroxylation sites is 1. The first-order valence-corrected chi connectivity index (χ1v) is 8.38. The third-order valence-corrected chi connectivity index (χ3v) is 4.83. The van der Waals surface area contributed by atoms with E-state index < -0.39 is 17.7 Å². The van der Waals surface area contributed by atoms with Crippen molar-refractivity contribution >= 4 is 38.4 Å². The Bertz CT molecular complexity index is 983. The van der Waals surface area contributed by atoms with E-state index in [4.69, 9.17) is 0 Å². The van der Waals surface area contributed by atoms with Crippen LogP contribution in [0.2, 0.25) is 0 Å². The number of hydrogen-bond acceptors (Lipinski definition) is 5. The third-order valence-electron chi connectivity index (χ3n) is 3.88. The number of hydrogen-bond donors (Lipinski definition) is 2. The molecule has 0 saturated heterocycles. The van der Waals surface area contributed by atoms with Crippen LogP contribution in [-0.4, -0.2) is 28.6 Å². The molecule has 0 radical (unpaired) electrons. The van der Waals surface area contributed by atoms with Crippen molar-refractivity contribution in [3.63, 3.8) is 0 Å². The van der Waals surface area contributed by atoms with E-state index in [1.54, 1.807) is 54.6 Å². The number of carbonyl (C=O) groups is 1. The Morgan fingerprint density at radius 1 is 1.04 bits per heavy atom. The summed E-state index contributed by atoms with van der Waals surface area (Å²) in [6.45, 7) is 0. The fourth-order valence-electron chi connectivity index (χ4n) is 2.61. The van der Waals surface area contributed by atoms with Gasteiger partial charge in [0.05, 0.1) is 10.2 Å². The Morgan fingerprint density at radius 3 is 2.42 bits per heavy atom. The Hall–Kier alpha value is -2.94. The van der Waals surface area contributed by atoms with Crippen LogP contribution in [0, 0.1) is 0 Å². The average Bonchev–Trinajstić information content (AvgIpc) is 3.17. The maximum absolute atomic E-state index is 13.8. The van der Waals surface area contributed by atoms with Gasteiger partial charge in [0.25, 0.3) is 5.91 Å². The van der Waals surface area contributed by atoms with E-state index in [1.807, 2.05) is 0 Å². The zero-order valence-corrected chi connectivity index (χ0v) is 13.9. The lowest BCUT2D eigenvalue weighted by atomic mass is 10.1. The lowest BCUT2D eigenvalue weighted by molar-refractivity contribution is -0.181. The molecule has 2 aromatic carbocycles. The Morgan fingerprint density at radius 2 is 1.73 bits per heavy atom. The molecular weight excluding hydrogens is 365 g/mol. The topological polar surface area (TPSA) is 66.4 Å². The number of thiazole rings is 1. The number of carbonyl (C=O) groups excluding carboxylic acids is 1. The van der Waals surface area contributed by atoms with Crippen LogP contribution in [0.3, 0.4) is 0 Å². The molecule has 2 N–H and O–H groups in total. The number of nitrogens with one attached hydrogen (secondary N) is 2. The molecule has 1 atom stereocenters. The SMILES string of the molecule is O=C1NC(c2ccccc2)=N[C@]1(Nc1nc2ccccc2s1)C(F)(F)F. The highest BCUT2D eigenvalue weighted by Gasteiger charge is 2.64. The molecule has 2 heterocycles. The van der Waals surface area contributed by atoms with Crippen LogP contribution < -0.4 is 10.6 Å². The summed E-state index contributed by atoms with van der Waals surface area (Å²) in [7, 11) is 0. The van der Waals surface area contributed by atoms with Gasteiger partial charge in [-0.3, -0.25) is 4.79 Å². The van der Waals surface area contributed by atoms with Crippen LogP contribution in [0.5, 0.6) is 0 Å². The predicted octanol–water partition coefficient (Wildman–Crippen LogP) is 3.54. The first-order valence-electron chi connectivity index (χ1n) is 7.56. The lowest BCUT2D eigenvalue weighted by Gasteiger charge is -2.26. The molecule has 0 fully saturated rings. The number of aromatic nitrogens is 1. The van der Waals surface area contributed by atoms with Crippen LogP contribution in [-0.2, 0) is 4.79 Å². The van der Waals surface area contributed by atoms with E-state index in [0.29, 0.717) is 15.8 Å². The molecule has 1 aliphatic rings. The van der Waals surface area contributed by atoms with Gasteiger partial charge in [0.1, 0.15) is 5.84 Å². The number of alkyl halides is 3. The number of nitrogens with zero attached hydrogens (tertiary/aromatic N) is 2.